The standard InChI is InChI=1S/C20H19NO/c1-14-11-12-18-19(20(14)22)16-9-5-6-10-17(16)21(18)13-15-7-3-2-4-8-15/h2-10,14H,11-13H2,1H3. The molecule has 0 N–H and O–H groups in total. The Bertz CT molecular complexity index is 845. The fourth-order valence-electron chi connectivity index (χ4n) is 3.57. The Balaban J connectivity index is 1.93. The first-order valence-electron chi connectivity index (χ1n) is 7.94. The van der Waals surface area contributed by atoms with Gasteiger partial charge >= 0.3 is 0 Å². The van der Waals surface area contributed by atoms with E-state index in [1.807, 2.05) is 12.1 Å². The highest BCUT2D eigenvalue weighted by atomic mass is 16.1. The maximum absolute atomic E-state index is 12.7. The molecule has 4 rings (SSSR count). The predicted molar refractivity (Wildman–Crippen MR) is 89.3 cm³/mol. The molecule has 2 nitrogen and oxygen atoms in total. The van der Waals surface area contributed by atoms with Crippen LogP contribution < -0.4 is 0 Å². The molecule has 1 atom stereocenters. The molecule has 0 aliphatic heterocycles. The lowest BCUT2D eigenvalue weighted by molar-refractivity contribution is 0.0914. The minimum atomic E-state index is 0.142. The normalized spacial score (nSPS) is 17.7. The molecule has 3 aromatic rings. The molecule has 0 fully saturated rings. The van der Waals surface area contributed by atoms with Gasteiger partial charge in [0.2, 0.25) is 0 Å². The second kappa shape index (κ2) is 5.13. The van der Waals surface area contributed by atoms with E-state index in [0.29, 0.717) is 5.78 Å². The first-order chi connectivity index (χ1) is 10.8. The van der Waals surface area contributed by atoms with Gasteiger partial charge in [0.25, 0.3) is 0 Å². The summed E-state index contributed by atoms with van der Waals surface area (Å²) in [4.78, 5) is 12.7. The van der Waals surface area contributed by atoms with Crippen LogP contribution in [0.1, 0.15) is 35.0 Å². The monoisotopic (exact) mass is 289 g/mol. The molecule has 0 spiro atoms. The summed E-state index contributed by atoms with van der Waals surface area (Å²) in [6.45, 7) is 2.88. The second-order valence-electron chi connectivity index (χ2n) is 6.21. The molecule has 0 amide bonds. The number of carbonyl (C=O) groups excluding carboxylic acids is 1. The van der Waals surface area contributed by atoms with E-state index in [0.717, 1.165) is 30.3 Å². The van der Waals surface area contributed by atoms with E-state index in [9.17, 15) is 4.79 Å². The van der Waals surface area contributed by atoms with Crippen molar-refractivity contribution >= 4 is 16.7 Å². The Kier molecular flexibility index (Phi) is 3.11. The van der Waals surface area contributed by atoms with Crippen molar-refractivity contribution in [2.24, 2.45) is 5.92 Å². The van der Waals surface area contributed by atoms with E-state index in [4.69, 9.17) is 0 Å². The van der Waals surface area contributed by atoms with Crippen LogP contribution in [0.4, 0.5) is 0 Å². The van der Waals surface area contributed by atoms with Crippen molar-refractivity contribution < 1.29 is 4.79 Å². The predicted octanol–water partition coefficient (Wildman–Crippen LogP) is 4.45. The number of nitrogens with zero attached hydrogens (tertiary/aromatic N) is 1. The van der Waals surface area contributed by atoms with Crippen LogP contribution in [0.5, 0.6) is 0 Å². The second-order valence-corrected chi connectivity index (χ2v) is 6.21. The molecule has 1 aromatic heterocycles. The Morgan fingerprint density at radius 2 is 1.77 bits per heavy atom. The number of aromatic nitrogens is 1. The number of Topliss-reactive ketones (excluding diaryl/α,β-unsaturated/α-hetero) is 1. The molecule has 2 aromatic carbocycles. The minimum Gasteiger partial charge on any atom is -0.339 e. The Hall–Kier alpha value is -2.35. The summed E-state index contributed by atoms with van der Waals surface area (Å²) in [5, 5.41) is 1.12. The molecule has 22 heavy (non-hydrogen) atoms. The van der Waals surface area contributed by atoms with Crippen molar-refractivity contribution in [3.8, 4) is 0 Å². The lowest BCUT2D eigenvalue weighted by atomic mass is 9.86. The van der Waals surface area contributed by atoms with Crippen molar-refractivity contribution in [1.29, 1.82) is 0 Å². The first kappa shape index (κ1) is 13.3. The maximum atomic E-state index is 12.7. The molecule has 1 aliphatic rings. The van der Waals surface area contributed by atoms with Crippen molar-refractivity contribution in [1.82, 2.24) is 4.57 Å². The summed E-state index contributed by atoms with van der Waals surface area (Å²) in [5.41, 5.74) is 4.63. The summed E-state index contributed by atoms with van der Waals surface area (Å²) in [5.74, 6) is 0.452. The fourth-order valence-corrected chi connectivity index (χ4v) is 3.57. The Morgan fingerprint density at radius 3 is 2.59 bits per heavy atom. The SMILES string of the molecule is CC1CCc2c(c3ccccc3n2Cc2ccccc2)C1=O. The van der Waals surface area contributed by atoms with Gasteiger partial charge < -0.3 is 4.57 Å². The van der Waals surface area contributed by atoms with Gasteiger partial charge in [-0.3, -0.25) is 4.79 Å². The zero-order valence-corrected chi connectivity index (χ0v) is 12.8. The first-order valence-corrected chi connectivity index (χ1v) is 7.94. The topological polar surface area (TPSA) is 22.0 Å². The van der Waals surface area contributed by atoms with Crippen LogP contribution in [0, 0.1) is 5.92 Å². The lowest BCUT2D eigenvalue weighted by Crippen LogP contribution is -2.21. The summed E-state index contributed by atoms with van der Waals surface area (Å²) in [6, 6.07) is 18.8. The number of rotatable bonds is 2. The molecule has 0 saturated heterocycles. The number of fused-ring (bicyclic) bond motifs is 3. The van der Waals surface area contributed by atoms with Crippen molar-refractivity contribution in [3.05, 3.63) is 71.4 Å². The molecule has 0 bridgehead atoms. The van der Waals surface area contributed by atoms with Gasteiger partial charge in [-0.25, -0.2) is 0 Å². The van der Waals surface area contributed by atoms with Gasteiger partial charge in [0.15, 0.2) is 5.78 Å². The number of hydrogen-bond acceptors (Lipinski definition) is 1. The van der Waals surface area contributed by atoms with E-state index in [1.54, 1.807) is 0 Å². The summed E-state index contributed by atoms with van der Waals surface area (Å²) >= 11 is 0. The number of carbonyl (C=O) groups is 1. The Labute approximate surface area is 130 Å². The minimum absolute atomic E-state index is 0.142. The average molecular weight is 289 g/mol. The van der Waals surface area contributed by atoms with E-state index in [-0.39, 0.29) is 5.92 Å². The molecule has 1 heterocycles. The van der Waals surface area contributed by atoms with E-state index >= 15 is 0 Å². The van der Waals surface area contributed by atoms with Crippen LogP contribution >= 0.6 is 0 Å². The van der Waals surface area contributed by atoms with Gasteiger partial charge in [-0.05, 0) is 24.5 Å². The van der Waals surface area contributed by atoms with Crippen LogP contribution in [0.3, 0.4) is 0 Å². The smallest absolute Gasteiger partial charge is 0.168 e. The van der Waals surface area contributed by atoms with Crippen LogP contribution in [0.25, 0.3) is 10.9 Å². The zero-order chi connectivity index (χ0) is 15.1. The molecular weight excluding hydrogens is 270 g/mol. The number of benzene rings is 2. The molecule has 2 heteroatoms. The van der Waals surface area contributed by atoms with Crippen molar-refractivity contribution in [3.63, 3.8) is 0 Å². The number of hydrogen-bond donors (Lipinski definition) is 0. The van der Waals surface area contributed by atoms with Gasteiger partial charge in [0.05, 0.1) is 0 Å². The third-order valence-corrected chi connectivity index (χ3v) is 4.77. The number of para-hydroxylation sites is 1. The van der Waals surface area contributed by atoms with Crippen molar-refractivity contribution in [2.75, 3.05) is 0 Å². The third kappa shape index (κ3) is 1.98. The van der Waals surface area contributed by atoms with Crippen LogP contribution in [0.2, 0.25) is 0 Å². The third-order valence-electron chi connectivity index (χ3n) is 4.77. The van der Waals surface area contributed by atoms with E-state index in [1.165, 1.54) is 16.8 Å². The maximum Gasteiger partial charge on any atom is 0.168 e. The molecule has 0 saturated carbocycles. The lowest BCUT2D eigenvalue weighted by Gasteiger charge is -2.20. The van der Waals surface area contributed by atoms with Crippen LogP contribution in [0.15, 0.2) is 54.6 Å². The molecule has 110 valence electrons. The van der Waals surface area contributed by atoms with Crippen LogP contribution in [-0.4, -0.2) is 10.4 Å². The van der Waals surface area contributed by atoms with Crippen LogP contribution in [-0.2, 0) is 13.0 Å². The largest absolute Gasteiger partial charge is 0.339 e. The molecule has 1 unspecified atom stereocenters. The highest BCUT2D eigenvalue weighted by Gasteiger charge is 2.29. The highest BCUT2D eigenvalue weighted by molar-refractivity contribution is 6.11. The van der Waals surface area contributed by atoms with E-state index < -0.39 is 0 Å². The summed E-state index contributed by atoms with van der Waals surface area (Å²) < 4.78 is 2.34. The van der Waals surface area contributed by atoms with Gasteiger partial charge in [-0.2, -0.15) is 0 Å². The molecule has 1 aliphatic carbocycles. The zero-order valence-electron chi connectivity index (χ0n) is 12.8. The van der Waals surface area contributed by atoms with Gasteiger partial charge in [-0.15, -0.1) is 0 Å². The number of ketones is 1. The average Bonchev–Trinajstić information content (AvgIpc) is 2.87. The fraction of sp³-hybridized carbons (Fsp3) is 0.250. The summed E-state index contributed by atoms with van der Waals surface area (Å²) in [6.07, 6.45) is 1.95. The quantitative estimate of drug-likeness (QED) is 0.683. The highest BCUT2D eigenvalue weighted by Crippen LogP contribution is 2.34. The van der Waals surface area contributed by atoms with Crippen molar-refractivity contribution in [2.45, 2.75) is 26.3 Å². The molecule has 0 radical (unpaired) electrons. The summed E-state index contributed by atoms with van der Waals surface area (Å²) in [7, 11) is 0. The van der Waals surface area contributed by atoms with E-state index in [2.05, 4.69) is 54.0 Å². The van der Waals surface area contributed by atoms with Gasteiger partial charge in [0.1, 0.15) is 0 Å². The Morgan fingerprint density at radius 1 is 1.05 bits per heavy atom. The molecular formula is C20H19NO. The van der Waals surface area contributed by atoms with Gasteiger partial charge in [-0.1, -0.05) is 55.5 Å². The van der Waals surface area contributed by atoms with Gasteiger partial charge in [0, 0.05) is 34.6 Å².